The second-order valence-corrected chi connectivity index (χ2v) is 5.90. The number of benzene rings is 1. The molecule has 19 heavy (non-hydrogen) atoms. The van der Waals surface area contributed by atoms with Gasteiger partial charge in [0.2, 0.25) is 0 Å². The van der Waals surface area contributed by atoms with Crippen LogP contribution in [0.15, 0.2) is 24.3 Å². The average molecular weight is 282 g/mol. The first-order chi connectivity index (χ1) is 9.13. The second-order valence-electron chi connectivity index (χ2n) is 5.49. The molecule has 0 aromatic heterocycles. The van der Waals surface area contributed by atoms with Gasteiger partial charge in [0.1, 0.15) is 0 Å². The zero-order valence-electron chi connectivity index (χ0n) is 11.8. The zero-order chi connectivity index (χ0) is 13.8. The van der Waals surface area contributed by atoms with E-state index in [0.29, 0.717) is 12.6 Å². The lowest BCUT2D eigenvalue weighted by Gasteiger charge is -2.32. The first kappa shape index (κ1) is 14.8. The third-order valence-electron chi connectivity index (χ3n) is 4.19. The molecule has 1 heterocycles. The molecule has 1 aliphatic heterocycles. The van der Waals surface area contributed by atoms with E-state index in [1.165, 1.54) is 19.4 Å². The van der Waals surface area contributed by atoms with Crippen LogP contribution in [-0.4, -0.2) is 49.6 Å². The third kappa shape index (κ3) is 3.48. The number of likely N-dealkylation sites (N-methyl/N-ethyl adjacent to an activating group) is 2. The second kappa shape index (κ2) is 6.71. The molecule has 0 bridgehead atoms. The fraction of sp³-hybridized carbons (Fsp3) is 0.600. The molecule has 1 saturated heterocycles. The molecule has 1 aromatic carbocycles. The van der Waals surface area contributed by atoms with E-state index in [2.05, 4.69) is 30.0 Å². The van der Waals surface area contributed by atoms with Crippen LogP contribution in [0.4, 0.5) is 0 Å². The summed E-state index contributed by atoms with van der Waals surface area (Å²) in [5.74, 6) is 0. The van der Waals surface area contributed by atoms with Crippen molar-refractivity contribution in [2.75, 3.05) is 33.7 Å². The summed E-state index contributed by atoms with van der Waals surface area (Å²) in [5, 5.41) is 0.810. The van der Waals surface area contributed by atoms with Crippen molar-refractivity contribution in [3.63, 3.8) is 0 Å². The van der Waals surface area contributed by atoms with Crippen LogP contribution in [0.25, 0.3) is 0 Å². The molecule has 1 aromatic rings. The maximum Gasteiger partial charge on any atom is 0.0482 e. The number of nitrogens with zero attached hydrogens (tertiary/aromatic N) is 2. The molecule has 0 saturated carbocycles. The molecule has 0 radical (unpaired) electrons. The molecule has 2 rings (SSSR count). The van der Waals surface area contributed by atoms with Crippen LogP contribution in [0.1, 0.15) is 24.4 Å². The van der Waals surface area contributed by atoms with Gasteiger partial charge in [-0.25, -0.2) is 0 Å². The van der Waals surface area contributed by atoms with Gasteiger partial charge in [0.05, 0.1) is 0 Å². The molecule has 3 nitrogen and oxygen atoms in total. The van der Waals surface area contributed by atoms with E-state index in [0.717, 1.165) is 17.1 Å². The molecule has 2 atom stereocenters. The molecular weight excluding hydrogens is 258 g/mol. The van der Waals surface area contributed by atoms with E-state index >= 15 is 0 Å². The van der Waals surface area contributed by atoms with E-state index in [-0.39, 0.29) is 6.04 Å². The Morgan fingerprint density at radius 2 is 2.21 bits per heavy atom. The minimum atomic E-state index is 0.197. The van der Waals surface area contributed by atoms with Crippen LogP contribution in [0.2, 0.25) is 5.02 Å². The van der Waals surface area contributed by atoms with Gasteiger partial charge in [-0.05, 0) is 45.1 Å². The number of hydrogen-bond donors (Lipinski definition) is 1. The topological polar surface area (TPSA) is 32.5 Å². The van der Waals surface area contributed by atoms with Crippen LogP contribution in [0.5, 0.6) is 0 Å². The summed E-state index contributed by atoms with van der Waals surface area (Å²) in [6.07, 6.45) is 2.58. The summed E-state index contributed by atoms with van der Waals surface area (Å²) >= 11 is 6.29. The Morgan fingerprint density at radius 3 is 2.79 bits per heavy atom. The van der Waals surface area contributed by atoms with E-state index in [9.17, 15) is 0 Å². The number of likely N-dealkylation sites (tertiary alicyclic amines) is 1. The minimum absolute atomic E-state index is 0.197. The number of rotatable bonds is 5. The summed E-state index contributed by atoms with van der Waals surface area (Å²) < 4.78 is 0. The highest BCUT2D eigenvalue weighted by molar-refractivity contribution is 6.31. The summed E-state index contributed by atoms with van der Waals surface area (Å²) in [6, 6.07) is 8.84. The monoisotopic (exact) mass is 281 g/mol. The van der Waals surface area contributed by atoms with Crippen molar-refractivity contribution in [3.8, 4) is 0 Å². The highest BCUT2D eigenvalue weighted by Gasteiger charge is 2.25. The van der Waals surface area contributed by atoms with E-state index in [1.807, 2.05) is 18.2 Å². The largest absolute Gasteiger partial charge is 0.329 e. The Morgan fingerprint density at radius 1 is 1.47 bits per heavy atom. The van der Waals surface area contributed by atoms with Crippen molar-refractivity contribution in [2.45, 2.75) is 24.9 Å². The van der Waals surface area contributed by atoms with Gasteiger partial charge in [0.25, 0.3) is 0 Å². The van der Waals surface area contributed by atoms with Gasteiger partial charge in [-0.3, -0.25) is 4.90 Å². The Labute approximate surface area is 121 Å². The zero-order valence-corrected chi connectivity index (χ0v) is 12.6. The average Bonchev–Trinajstić information content (AvgIpc) is 2.78. The Bertz CT molecular complexity index is 410. The molecular formula is C15H24ClN3. The van der Waals surface area contributed by atoms with E-state index in [4.69, 9.17) is 17.3 Å². The highest BCUT2D eigenvalue weighted by Crippen LogP contribution is 2.27. The van der Waals surface area contributed by atoms with Crippen molar-refractivity contribution in [2.24, 2.45) is 5.73 Å². The highest BCUT2D eigenvalue weighted by atomic mass is 35.5. The first-order valence-electron chi connectivity index (χ1n) is 6.98. The lowest BCUT2D eigenvalue weighted by Crippen LogP contribution is -2.40. The van der Waals surface area contributed by atoms with Crippen molar-refractivity contribution in [1.82, 2.24) is 9.80 Å². The summed E-state index contributed by atoms with van der Waals surface area (Å²) in [4.78, 5) is 4.78. The van der Waals surface area contributed by atoms with Gasteiger partial charge in [-0.2, -0.15) is 0 Å². The molecule has 1 fully saturated rings. The maximum absolute atomic E-state index is 6.29. The first-order valence-corrected chi connectivity index (χ1v) is 7.36. The standard InChI is InChI=1S/C15H24ClN3/c1-18-9-5-6-12(18)11-19(2)15(10-17)13-7-3-4-8-14(13)16/h3-4,7-8,12,15H,5-6,9-11,17H2,1-2H3. The molecule has 2 N–H and O–H groups in total. The van der Waals surface area contributed by atoms with Crippen LogP contribution in [0, 0.1) is 0 Å². The van der Waals surface area contributed by atoms with Gasteiger partial charge < -0.3 is 10.6 Å². The fourth-order valence-electron chi connectivity index (χ4n) is 2.96. The molecule has 1 aliphatic rings. The van der Waals surface area contributed by atoms with Crippen molar-refractivity contribution in [1.29, 1.82) is 0 Å². The predicted octanol–water partition coefficient (Wildman–Crippen LogP) is 2.37. The summed E-state index contributed by atoms with van der Waals surface area (Å²) in [5.41, 5.74) is 7.10. The van der Waals surface area contributed by atoms with Gasteiger partial charge in [-0.15, -0.1) is 0 Å². The van der Waals surface area contributed by atoms with Gasteiger partial charge in [-0.1, -0.05) is 29.8 Å². The number of halogens is 1. The Kier molecular flexibility index (Phi) is 5.22. The van der Waals surface area contributed by atoms with Gasteiger partial charge in [0, 0.05) is 30.2 Å². The molecule has 0 spiro atoms. The number of hydrogen-bond acceptors (Lipinski definition) is 3. The van der Waals surface area contributed by atoms with E-state index in [1.54, 1.807) is 0 Å². The Hall–Kier alpha value is -0.610. The van der Waals surface area contributed by atoms with Gasteiger partial charge in [0.15, 0.2) is 0 Å². The molecule has 4 heteroatoms. The van der Waals surface area contributed by atoms with Crippen LogP contribution in [-0.2, 0) is 0 Å². The van der Waals surface area contributed by atoms with Crippen LogP contribution in [0.3, 0.4) is 0 Å². The molecule has 106 valence electrons. The Balaban J connectivity index is 2.07. The van der Waals surface area contributed by atoms with Crippen molar-refractivity contribution < 1.29 is 0 Å². The normalized spacial score (nSPS) is 22.1. The van der Waals surface area contributed by atoms with Crippen LogP contribution < -0.4 is 5.73 Å². The van der Waals surface area contributed by atoms with Crippen LogP contribution >= 0.6 is 11.6 Å². The lowest BCUT2D eigenvalue weighted by atomic mass is 10.0. The SMILES string of the molecule is CN1CCCC1CN(C)C(CN)c1ccccc1Cl. The quantitative estimate of drug-likeness (QED) is 0.899. The van der Waals surface area contributed by atoms with E-state index < -0.39 is 0 Å². The molecule has 0 aliphatic carbocycles. The minimum Gasteiger partial charge on any atom is -0.329 e. The summed E-state index contributed by atoms with van der Waals surface area (Å²) in [6.45, 7) is 2.85. The predicted molar refractivity (Wildman–Crippen MR) is 81.5 cm³/mol. The number of nitrogens with two attached hydrogens (primary N) is 1. The van der Waals surface area contributed by atoms with Crippen molar-refractivity contribution in [3.05, 3.63) is 34.9 Å². The van der Waals surface area contributed by atoms with Crippen molar-refractivity contribution >= 4 is 11.6 Å². The van der Waals surface area contributed by atoms with Gasteiger partial charge >= 0.3 is 0 Å². The molecule has 2 unspecified atom stereocenters. The smallest absolute Gasteiger partial charge is 0.0482 e. The maximum atomic E-state index is 6.29. The lowest BCUT2D eigenvalue weighted by molar-refractivity contribution is 0.180. The third-order valence-corrected chi connectivity index (χ3v) is 4.53. The molecule has 0 amide bonds. The fourth-order valence-corrected chi connectivity index (χ4v) is 3.22. The summed E-state index contributed by atoms with van der Waals surface area (Å²) in [7, 11) is 4.35.